The summed E-state index contributed by atoms with van der Waals surface area (Å²) in [6, 6.07) is 5.42. The lowest BCUT2D eigenvalue weighted by molar-refractivity contribution is -0.115. The summed E-state index contributed by atoms with van der Waals surface area (Å²) < 4.78 is 0. The zero-order chi connectivity index (χ0) is 14.8. The average Bonchev–Trinajstić information content (AvgIpc) is 3.05. The Bertz CT molecular complexity index is 777. The van der Waals surface area contributed by atoms with Crippen LogP contribution in [0.5, 0.6) is 0 Å². The van der Waals surface area contributed by atoms with Crippen molar-refractivity contribution in [2.45, 2.75) is 19.3 Å². The lowest BCUT2D eigenvalue weighted by atomic mass is 10.2. The molecule has 1 fully saturated rings. The number of aromatic amines is 2. The molecule has 3 rings (SSSR count). The summed E-state index contributed by atoms with van der Waals surface area (Å²) in [7, 11) is 0. The van der Waals surface area contributed by atoms with Gasteiger partial charge in [0.25, 0.3) is 0 Å². The molecular formula is C14H15N5O2. The summed E-state index contributed by atoms with van der Waals surface area (Å²) >= 11 is 0. The van der Waals surface area contributed by atoms with Crippen LogP contribution < -0.4 is 15.9 Å². The summed E-state index contributed by atoms with van der Waals surface area (Å²) in [5.74, 6) is -0.352. The predicted octanol–water partition coefficient (Wildman–Crippen LogP) is 1.31. The molecule has 7 nitrogen and oxygen atoms in total. The van der Waals surface area contributed by atoms with Crippen LogP contribution in [0.1, 0.15) is 19.3 Å². The van der Waals surface area contributed by atoms with E-state index in [0.717, 1.165) is 31.6 Å². The third-order valence-corrected chi connectivity index (χ3v) is 3.59. The second-order valence-corrected chi connectivity index (χ2v) is 5.07. The first kappa shape index (κ1) is 13.2. The molecule has 0 atom stereocenters. The first-order chi connectivity index (χ1) is 10.2. The zero-order valence-corrected chi connectivity index (χ0v) is 11.4. The number of nitrogens with zero attached hydrogens (tertiary/aromatic N) is 2. The lowest BCUT2D eigenvalue weighted by Crippen LogP contribution is -2.21. The third-order valence-electron chi connectivity index (χ3n) is 3.59. The monoisotopic (exact) mass is 285 g/mol. The van der Waals surface area contributed by atoms with E-state index in [2.05, 4.69) is 20.2 Å². The van der Waals surface area contributed by atoms with Gasteiger partial charge in [0.15, 0.2) is 0 Å². The highest BCUT2D eigenvalue weighted by atomic mass is 16.1. The smallest absolute Gasteiger partial charge is 0.323 e. The van der Waals surface area contributed by atoms with Gasteiger partial charge in [-0.1, -0.05) is 0 Å². The highest BCUT2D eigenvalue weighted by molar-refractivity contribution is 5.99. The number of imidazole rings is 1. The van der Waals surface area contributed by atoms with Gasteiger partial charge in [-0.2, -0.15) is 5.26 Å². The first-order valence-corrected chi connectivity index (χ1v) is 6.85. The van der Waals surface area contributed by atoms with Crippen molar-refractivity contribution < 1.29 is 4.79 Å². The molecule has 108 valence electrons. The SMILES string of the molecule is N#CCC(=O)Nc1cc2[nH]c(=O)[nH]c2cc1N1CCCC1. The van der Waals surface area contributed by atoms with Crippen molar-refractivity contribution >= 4 is 28.3 Å². The van der Waals surface area contributed by atoms with Gasteiger partial charge in [0.1, 0.15) is 6.42 Å². The van der Waals surface area contributed by atoms with Gasteiger partial charge in [-0.3, -0.25) is 4.79 Å². The van der Waals surface area contributed by atoms with Crippen LogP contribution in [0, 0.1) is 11.3 Å². The maximum atomic E-state index is 11.7. The number of aromatic nitrogens is 2. The minimum Gasteiger partial charge on any atom is -0.370 e. The van der Waals surface area contributed by atoms with E-state index in [1.54, 1.807) is 6.07 Å². The standard InChI is InChI=1S/C14H15N5O2/c15-4-3-13(20)16-11-7-9-10(18-14(21)17-9)8-12(11)19-5-1-2-6-19/h7-8H,1-3,5-6H2,(H,16,20)(H2,17,18,21). The van der Waals surface area contributed by atoms with Gasteiger partial charge in [0, 0.05) is 13.1 Å². The van der Waals surface area contributed by atoms with Gasteiger partial charge in [-0.15, -0.1) is 0 Å². The van der Waals surface area contributed by atoms with Crippen LogP contribution in [0.3, 0.4) is 0 Å². The number of carbonyl (C=O) groups excluding carboxylic acids is 1. The number of fused-ring (bicyclic) bond motifs is 1. The van der Waals surface area contributed by atoms with Crippen LogP contribution in [-0.4, -0.2) is 29.0 Å². The number of benzene rings is 1. The molecule has 0 unspecified atom stereocenters. The van der Waals surface area contributed by atoms with Crippen molar-refractivity contribution in [3.05, 3.63) is 22.6 Å². The molecule has 3 N–H and O–H groups in total. The van der Waals surface area contributed by atoms with Crippen LogP contribution in [-0.2, 0) is 4.79 Å². The van der Waals surface area contributed by atoms with E-state index in [1.165, 1.54) is 0 Å². The van der Waals surface area contributed by atoms with E-state index < -0.39 is 0 Å². The summed E-state index contributed by atoms with van der Waals surface area (Å²) in [5.41, 5.74) is 2.56. The Labute approximate surface area is 120 Å². The molecule has 1 aromatic carbocycles. The fourth-order valence-corrected chi connectivity index (χ4v) is 2.66. The maximum absolute atomic E-state index is 11.7. The minimum absolute atomic E-state index is 0.193. The number of nitrogens with one attached hydrogen (secondary N) is 3. The number of H-pyrrole nitrogens is 2. The molecule has 0 radical (unpaired) electrons. The van der Waals surface area contributed by atoms with Gasteiger partial charge in [-0.05, 0) is 25.0 Å². The van der Waals surface area contributed by atoms with Crippen LogP contribution in [0.2, 0.25) is 0 Å². The average molecular weight is 285 g/mol. The number of rotatable bonds is 3. The zero-order valence-electron chi connectivity index (χ0n) is 11.4. The Morgan fingerprint density at radius 1 is 1.29 bits per heavy atom. The van der Waals surface area contributed by atoms with Gasteiger partial charge < -0.3 is 20.2 Å². The Morgan fingerprint density at radius 3 is 2.62 bits per heavy atom. The van der Waals surface area contributed by atoms with Crippen LogP contribution in [0.25, 0.3) is 11.0 Å². The van der Waals surface area contributed by atoms with Gasteiger partial charge >= 0.3 is 5.69 Å². The molecule has 0 saturated carbocycles. The Balaban J connectivity index is 2.05. The van der Waals surface area contributed by atoms with Crippen molar-refractivity contribution in [1.29, 1.82) is 5.26 Å². The fraction of sp³-hybridized carbons (Fsp3) is 0.357. The minimum atomic E-state index is -0.352. The fourth-order valence-electron chi connectivity index (χ4n) is 2.66. The molecule has 1 amide bonds. The summed E-state index contributed by atoms with van der Waals surface area (Å²) in [6.45, 7) is 1.84. The van der Waals surface area contributed by atoms with Gasteiger partial charge in [0.2, 0.25) is 5.91 Å². The van der Waals surface area contributed by atoms with Crippen molar-refractivity contribution in [2.75, 3.05) is 23.3 Å². The quantitative estimate of drug-likeness (QED) is 0.790. The maximum Gasteiger partial charge on any atom is 0.323 e. The molecule has 1 aliphatic rings. The van der Waals surface area contributed by atoms with Crippen LogP contribution >= 0.6 is 0 Å². The van der Waals surface area contributed by atoms with Crippen molar-refractivity contribution in [3.63, 3.8) is 0 Å². The molecule has 7 heteroatoms. The van der Waals surface area contributed by atoms with Crippen molar-refractivity contribution in [1.82, 2.24) is 9.97 Å². The van der Waals surface area contributed by atoms with Gasteiger partial charge in [0.05, 0.1) is 28.5 Å². The molecule has 2 aromatic rings. The summed E-state index contributed by atoms with van der Waals surface area (Å²) in [6.07, 6.45) is 2.02. The molecular weight excluding hydrogens is 270 g/mol. The Morgan fingerprint density at radius 2 is 1.95 bits per heavy atom. The van der Waals surface area contributed by atoms with E-state index in [1.807, 2.05) is 12.1 Å². The molecule has 0 spiro atoms. The molecule has 0 aliphatic carbocycles. The number of nitriles is 1. The predicted molar refractivity (Wildman–Crippen MR) is 79.2 cm³/mol. The summed E-state index contributed by atoms with van der Waals surface area (Å²) in [4.78, 5) is 30.7. The highest BCUT2D eigenvalue weighted by Crippen LogP contribution is 2.32. The largest absolute Gasteiger partial charge is 0.370 e. The number of amides is 1. The normalized spacial score (nSPS) is 14.3. The lowest BCUT2D eigenvalue weighted by Gasteiger charge is -2.21. The topological polar surface area (TPSA) is 105 Å². The van der Waals surface area contributed by atoms with Crippen molar-refractivity contribution in [3.8, 4) is 6.07 Å². The van der Waals surface area contributed by atoms with E-state index in [0.29, 0.717) is 16.7 Å². The van der Waals surface area contributed by atoms with E-state index in [-0.39, 0.29) is 18.0 Å². The first-order valence-electron chi connectivity index (χ1n) is 6.85. The van der Waals surface area contributed by atoms with E-state index in [4.69, 9.17) is 5.26 Å². The van der Waals surface area contributed by atoms with Crippen molar-refractivity contribution in [2.24, 2.45) is 0 Å². The molecule has 0 bridgehead atoms. The number of hydrogen-bond donors (Lipinski definition) is 3. The molecule has 21 heavy (non-hydrogen) atoms. The van der Waals surface area contributed by atoms with E-state index >= 15 is 0 Å². The number of hydrogen-bond acceptors (Lipinski definition) is 4. The van der Waals surface area contributed by atoms with Crippen LogP contribution in [0.4, 0.5) is 11.4 Å². The summed E-state index contributed by atoms with van der Waals surface area (Å²) in [5, 5.41) is 11.3. The van der Waals surface area contributed by atoms with Crippen LogP contribution in [0.15, 0.2) is 16.9 Å². The third kappa shape index (κ3) is 2.60. The molecule has 2 heterocycles. The Kier molecular flexibility index (Phi) is 3.36. The van der Waals surface area contributed by atoms with Gasteiger partial charge in [-0.25, -0.2) is 4.79 Å². The van der Waals surface area contributed by atoms with E-state index in [9.17, 15) is 9.59 Å². The highest BCUT2D eigenvalue weighted by Gasteiger charge is 2.18. The number of carbonyl (C=O) groups is 1. The number of anilines is 2. The Hall–Kier alpha value is -2.75. The molecule has 1 saturated heterocycles. The molecule has 1 aliphatic heterocycles. The second-order valence-electron chi connectivity index (χ2n) is 5.07. The second kappa shape index (κ2) is 5.32. The molecule has 1 aromatic heterocycles.